The van der Waals surface area contributed by atoms with Crippen molar-refractivity contribution in [2.75, 3.05) is 20.2 Å². The van der Waals surface area contributed by atoms with Gasteiger partial charge in [0, 0.05) is 36.5 Å². The van der Waals surface area contributed by atoms with Crippen molar-refractivity contribution in [3.05, 3.63) is 77.1 Å². The van der Waals surface area contributed by atoms with E-state index < -0.39 is 11.5 Å². The summed E-state index contributed by atoms with van der Waals surface area (Å²) >= 11 is 0. The molecular formula is C27H28F2N6O2. The number of carbonyl (C=O) groups is 1. The number of carbonyl (C=O) groups excluding carboxylic acids is 1. The average molecular weight is 507 g/mol. The number of nitrogens with one attached hydrogen (secondary N) is 2. The molecule has 1 saturated carbocycles. The quantitative estimate of drug-likeness (QED) is 0.399. The predicted molar refractivity (Wildman–Crippen MR) is 133 cm³/mol. The molecule has 2 aliphatic rings. The number of aromatic nitrogens is 4. The fraction of sp³-hybridized carbons (Fsp3) is 0.370. The molecule has 6 rings (SSSR count). The van der Waals surface area contributed by atoms with E-state index >= 15 is 4.39 Å². The van der Waals surface area contributed by atoms with E-state index in [4.69, 9.17) is 4.74 Å². The molecule has 1 saturated heterocycles. The van der Waals surface area contributed by atoms with E-state index in [2.05, 4.69) is 20.7 Å². The third-order valence-electron chi connectivity index (χ3n) is 7.16. The number of hydrogen-bond acceptors (Lipinski definition) is 5. The summed E-state index contributed by atoms with van der Waals surface area (Å²) < 4.78 is 39.2. The third-order valence-corrected chi connectivity index (χ3v) is 7.16. The Kier molecular flexibility index (Phi) is 5.91. The highest BCUT2D eigenvalue weighted by atomic mass is 19.1. The molecule has 2 fully saturated rings. The van der Waals surface area contributed by atoms with Crippen LogP contribution >= 0.6 is 0 Å². The summed E-state index contributed by atoms with van der Waals surface area (Å²) in [7, 11) is 1.54. The number of hydrogen-bond donors (Lipinski definition) is 2. The molecular weight excluding hydrogens is 478 g/mol. The lowest BCUT2D eigenvalue weighted by Gasteiger charge is -2.31. The van der Waals surface area contributed by atoms with Gasteiger partial charge in [-0.1, -0.05) is 6.07 Å². The van der Waals surface area contributed by atoms with Gasteiger partial charge in [-0.3, -0.25) is 9.20 Å². The van der Waals surface area contributed by atoms with E-state index in [0.29, 0.717) is 55.1 Å². The summed E-state index contributed by atoms with van der Waals surface area (Å²) in [4.78, 5) is 16.9. The van der Waals surface area contributed by atoms with Crippen molar-refractivity contribution < 1.29 is 18.3 Å². The van der Waals surface area contributed by atoms with E-state index in [1.165, 1.54) is 6.07 Å². The van der Waals surface area contributed by atoms with E-state index in [-0.39, 0.29) is 17.5 Å². The second-order valence-electron chi connectivity index (χ2n) is 9.85. The normalized spacial score (nSPS) is 17.2. The van der Waals surface area contributed by atoms with Crippen molar-refractivity contribution in [3.8, 4) is 11.6 Å². The van der Waals surface area contributed by atoms with Crippen molar-refractivity contribution in [1.82, 2.24) is 29.8 Å². The van der Waals surface area contributed by atoms with Crippen LogP contribution < -0.4 is 15.4 Å². The summed E-state index contributed by atoms with van der Waals surface area (Å²) in [5, 5.41) is 10.5. The van der Waals surface area contributed by atoms with Crippen LogP contribution in [0.15, 0.2) is 49.1 Å². The molecule has 37 heavy (non-hydrogen) atoms. The Labute approximate surface area is 212 Å². The SMILES string of the molecule is COc1cc2ncc(-n3cc(Cc4ccc(F)c(C(=O)NC5CC5)c4)cn3)n2cc1C1(F)CCNCC1. The van der Waals surface area contributed by atoms with Gasteiger partial charge in [-0.2, -0.15) is 5.10 Å². The van der Waals surface area contributed by atoms with Gasteiger partial charge >= 0.3 is 0 Å². The summed E-state index contributed by atoms with van der Waals surface area (Å²) in [5.74, 6) is 0.224. The molecule has 8 nitrogen and oxygen atoms in total. The van der Waals surface area contributed by atoms with E-state index in [1.807, 2.05) is 10.6 Å². The molecule has 4 aromatic rings. The maximum Gasteiger partial charge on any atom is 0.254 e. The Bertz CT molecular complexity index is 1470. The third kappa shape index (κ3) is 4.57. The minimum atomic E-state index is -1.49. The second kappa shape index (κ2) is 9.26. The Balaban J connectivity index is 1.29. The van der Waals surface area contributed by atoms with Gasteiger partial charge in [-0.25, -0.2) is 18.4 Å². The van der Waals surface area contributed by atoms with Gasteiger partial charge in [-0.15, -0.1) is 0 Å². The van der Waals surface area contributed by atoms with Gasteiger partial charge in [-0.05, 0) is 62.0 Å². The number of pyridine rings is 1. The molecule has 0 radical (unpaired) electrons. The van der Waals surface area contributed by atoms with Gasteiger partial charge in [0.2, 0.25) is 0 Å². The number of fused-ring (bicyclic) bond motifs is 1. The van der Waals surface area contributed by atoms with E-state index in [1.54, 1.807) is 48.6 Å². The van der Waals surface area contributed by atoms with Crippen molar-refractivity contribution in [2.24, 2.45) is 0 Å². The zero-order valence-corrected chi connectivity index (χ0v) is 20.5. The largest absolute Gasteiger partial charge is 0.496 e. The van der Waals surface area contributed by atoms with Crippen molar-refractivity contribution >= 4 is 11.6 Å². The lowest BCUT2D eigenvalue weighted by Crippen LogP contribution is -2.37. The fourth-order valence-electron chi connectivity index (χ4n) is 4.92. The number of rotatable bonds is 7. The lowest BCUT2D eigenvalue weighted by atomic mass is 9.87. The lowest BCUT2D eigenvalue weighted by molar-refractivity contribution is 0.0946. The monoisotopic (exact) mass is 506 g/mol. The molecule has 192 valence electrons. The first-order chi connectivity index (χ1) is 17.9. The van der Waals surface area contributed by atoms with Crippen molar-refractivity contribution in [3.63, 3.8) is 0 Å². The number of nitrogens with zero attached hydrogens (tertiary/aromatic N) is 4. The number of imidazole rings is 1. The highest BCUT2D eigenvalue weighted by Crippen LogP contribution is 2.40. The van der Waals surface area contributed by atoms with E-state index in [9.17, 15) is 9.18 Å². The molecule has 0 unspecified atom stereocenters. The molecule has 1 aliphatic carbocycles. The first kappa shape index (κ1) is 23.6. The smallest absolute Gasteiger partial charge is 0.254 e. The number of ether oxygens (including phenoxy) is 1. The molecule has 1 amide bonds. The summed E-state index contributed by atoms with van der Waals surface area (Å²) in [5.41, 5.74) is 1.36. The predicted octanol–water partition coefficient (Wildman–Crippen LogP) is 3.70. The first-order valence-corrected chi connectivity index (χ1v) is 12.5. The standard InChI is InChI=1S/C27H28F2N6O2/c1-37-23-12-24-31-14-25(34(24)16-21(23)27(29)6-8-30-9-7-27)35-15-18(13-32-35)10-17-2-5-22(28)20(11-17)26(36)33-19-3-4-19/h2,5,11-16,19,30H,3-4,6-10H2,1H3,(H,33,36). The number of methoxy groups -OCH3 is 1. The van der Waals surface area contributed by atoms with Gasteiger partial charge in [0.1, 0.15) is 22.9 Å². The minimum Gasteiger partial charge on any atom is -0.496 e. The van der Waals surface area contributed by atoms with Crippen LogP contribution in [0.2, 0.25) is 0 Å². The van der Waals surface area contributed by atoms with Crippen molar-refractivity contribution in [1.29, 1.82) is 0 Å². The van der Waals surface area contributed by atoms with Crippen LogP contribution in [0.5, 0.6) is 5.75 Å². The molecule has 0 atom stereocenters. The number of halogens is 2. The first-order valence-electron chi connectivity index (χ1n) is 12.5. The van der Waals surface area contributed by atoms with Crippen LogP contribution in [0.4, 0.5) is 8.78 Å². The zero-order valence-electron chi connectivity index (χ0n) is 20.5. The molecule has 4 heterocycles. The minimum absolute atomic E-state index is 0.0538. The number of alkyl halides is 1. The average Bonchev–Trinajstić information content (AvgIpc) is 3.43. The molecule has 0 spiro atoms. The molecule has 10 heteroatoms. The Morgan fingerprint density at radius 1 is 1.19 bits per heavy atom. The zero-order chi connectivity index (χ0) is 25.6. The van der Waals surface area contributed by atoms with Gasteiger partial charge < -0.3 is 15.4 Å². The molecule has 1 aliphatic heterocycles. The molecule has 0 bridgehead atoms. The highest BCUT2D eigenvalue weighted by Gasteiger charge is 2.37. The van der Waals surface area contributed by atoms with Gasteiger partial charge in [0.05, 0.1) is 25.1 Å². The maximum atomic E-state index is 15.9. The Morgan fingerprint density at radius 2 is 2.00 bits per heavy atom. The van der Waals surface area contributed by atoms with Crippen LogP contribution in [-0.2, 0) is 12.1 Å². The van der Waals surface area contributed by atoms with Crippen LogP contribution in [0.1, 0.15) is 52.7 Å². The Morgan fingerprint density at radius 3 is 2.76 bits per heavy atom. The van der Waals surface area contributed by atoms with Crippen LogP contribution in [-0.4, -0.2) is 51.3 Å². The summed E-state index contributed by atoms with van der Waals surface area (Å²) in [6.45, 7) is 1.20. The number of piperidine rings is 1. The number of amides is 1. The fourth-order valence-corrected chi connectivity index (χ4v) is 4.92. The molecule has 3 aromatic heterocycles. The molecule has 2 N–H and O–H groups in total. The second-order valence-corrected chi connectivity index (χ2v) is 9.85. The van der Waals surface area contributed by atoms with Crippen molar-refractivity contribution in [2.45, 2.75) is 43.8 Å². The Hall–Kier alpha value is -3.79. The summed E-state index contributed by atoms with van der Waals surface area (Å²) in [6, 6.07) is 6.50. The number of benzene rings is 1. The topological polar surface area (TPSA) is 85.5 Å². The summed E-state index contributed by atoms with van der Waals surface area (Å²) in [6.07, 6.45) is 10.1. The maximum absolute atomic E-state index is 15.9. The van der Waals surface area contributed by atoms with E-state index in [0.717, 1.165) is 24.0 Å². The van der Waals surface area contributed by atoms with Crippen LogP contribution in [0.25, 0.3) is 11.5 Å². The highest BCUT2D eigenvalue weighted by molar-refractivity contribution is 5.95. The van der Waals surface area contributed by atoms with Crippen LogP contribution in [0, 0.1) is 5.82 Å². The van der Waals surface area contributed by atoms with Crippen LogP contribution in [0.3, 0.4) is 0 Å². The van der Waals surface area contributed by atoms with Gasteiger partial charge in [0.15, 0.2) is 5.82 Å². The molecule has 1 aromatic carbocycles. The van der Waals surface area contributed by atoms with Gasteiger partial charge in [0.25, 0.3) is 5.91 Å².